The molecule has 7 heteroatoms. The number of rotatable bonds is 4. The van der Waals surface area contributed by atoms with Crippen molar-refractivity contribution in [1.82, 2.24) is 15.1 Å². The van der Waals surface area contributed by atoms with Crippen molar-refractivity contribution < 1.29 is 9.18 Å². The normalized spacial score (nSPS) is 10.3. The lowest BCUT2D eigenvalue weighted by atomic mass is 10.2. The first-order chi connectivity index (χ1) is 9.58. The second kappa shape index (κ2) is 6.29. The van der Waals surface area contributed by atoms with Crippen LogP contribution in [0.3, 0.4) is 0 Å². The van der Waals surface area contributed by atoms with E-state index in [9.17, 15) is 14.0 Å². The topological polar surface area (TPSA) is 64.0 Å². The maximum atomic E-state index is 12.9. The zero-order valence-electron chi connectivity index (χ0n) is 10.3. The van der Waals surface area contributed by atoms with Crippen LogP contribution in [-0.2, 0) is 6.54 Å². The van der Waals surface area contributed by atoms with Gasteiger partial charge >= 0.3 is 0 Å². The third-order valence-corrected chi connectivity index (χ3v) is 2.88. The van der Waals surface area contributed by atoms with Crippen molar-refractivity contribution in [2.75, 3.05) is 6.54 Å². The number of nitrogens with one attached hydrogen (secondary N) is 1. The van der Waals surface area contributed by atoms with Gasteiger partial charge < -0.3 is 5.32 Å². The van der Waals surface area contributed by atoms with Crippen molar-refractivity contribution >= 4 is 17.5 Å². The molecule has 0 aliphatic rings. The largest absolute Gasteiger partial charge is 0.350 e. The molecule has 2 rings (SSSR count). The number of carbonyl (C=O) groups excluding carboxylic acids is 1. The number of hydrogen-bond acceptors (Lipinski definition) is 3. The van der Waals surface area contributed by atoms with E-state index in [4.69, 9.17) is 11.6 Å². The summed E-state index contributed by atoms with van der Waals surface area (Å²) in [5.74, 6) is -0.939. The molecular weight excluding hydrogens is 285 g/mol. The molecule has 1 aromatic carbocycles. The van der Waals surface area contributed by atoms with Crippen LogP contribution in [0.2, 0.25) is 5.02 Å². The molecule has 1 heterocycles. The number of hydrogen-bond donors (Lipinski definition) is 1. The molecule has 104 valence electrons. The number of amides is 1. The highest BCUT2D eigenvalue weighted by Crippen LogP contribution is 2.16. The minimum atomic E-state index is -0.508. The minimum Gasteiger partial charge on any atom is -0.350 e. The van der Waals surface area contributed by atoms with Crippen LogP contribution >= 0.6 is 11.6 Å². The van der Waals surface area contributed by atoms with E-state index < -0.39 is 11.7 Å². The molecule has 0 aliphatic carbocycles. The first-order valence-corrected chi connectivity index (χ1v) is 6.21. The summed E-state index contributed by atoms with van der Waals surface area (Å²) in [7, 11) is 0. The van der Waals surface area contributed by atoms with Crippen molar-refractivity contribution in [2.24, 2.45) is 0 Å². The van der Waals surface area contributed by atoms with Crippen LogP contribution in [0.5, 0.6) is 0 Å². The minimum absolute atomic E-state index is 0.0394. The molecule has 0 aliphatic heterocycles. The lowest BCUT2D eigenvalue weighted by molar-refractivity contribution is 0.0952. The highest BCUT2D eigenvalue weighted by Gasteiger charge is 2.10. The molecule has 0 unspecified atom stereocenters. The van der Waals surface area contributed by atoms with E-state index in [-0.39, 0.29) is 29.2 Å². The zero-order chi connectivity index (χ0) is 14.5. The van der Waals surface area contributed by atoms with Gasteiger partial charge in [0.1, 0.15) is 5.82 Å². The Kier molecular flexibility index (Phi) is 4.47. The molecule has 1 N–H and O–H groups in total. The molecular formula is C13H11ClFN3O2. The van der Waals surface area contributed by atoms with Crippen LogP contribution in [0, 0.1) is 5.82 Å². The summed E-state index contributed by atoms with van der Waals surface area (Å²) in [6.07, 6.45) is 1.49. The van der Waals surface area contributed by atoms with Crippen molar-refractivity contribution in [1.29, 1.82) is 0 Å². The zero-order valence-corrected chi connectivity index (χ0v) is 11.1. The maximum absolute atomic E-state index is 12.9. The van der Waals surface area contributed by atoms with Crippen LogP contribution in [0.15, 0.2) is 41.3 Å². The van der Waals surface area contributed by atoms with Crippen LogP contribution < -0.4 is 10.9 Å². The van der Waals surface area contributed by atoms with Gasteiger partial charge in [-0.3, -0.25) is 9.59 Å². The lowest BCUT2D eigenvalue weighted by Gasteiger charge is -2.07. The lowest BCUT2D eigenvalue weighted by Crippen LogP contribution is -2.31. The maximum Gasteiger partial charge on any atom is 0.266 e. The first kappa shape index (κ1) is 14.2. The smallest absolute Gasteiger partial charge is 0.266 e. The SMILES string of the molecule is O=C(NCCn1ncccc1=O)c1ccc(F)cc1Cl. The van der Waals surface area contributed by atoms with Gasteiger partial charge in [0, 0.05) is 18.8 Å². The van der Waals surface area contributed by atoms with Gasteiger partial charge in [-0.05, 0) is 24.3 Å². The van der Waals surface area contributed by atoms with Gasteiger partial charge in [-0.15, -0.1) is 0 Å². The number of nitrogens with zero attached hydrogens (tertiary/aromatic N) is 2. The second-order valence-electron chi connectivity index (χ2n) is 3.97. The van der Waals surface area contributed by atoms with Gasteiger partial charge in [0.05, 0.1) is 17.1 Å². The third-order valence-electron chi connectivity index (χ3n) is 2.57. The second-order valence-corrected chi connectivity index (χ2v) is 4.37. The Labute approximate surface area is 119 Å². The van der Waals surface area contributed by atoms with E-state index in [1.54, 1.807) is 0 Å². The Morgan fingerprint density at radius 1 is 1.40 bits per heavy atom. The molecule has 20 heavy (non-hydrogen) atoms. The predicted octanol–water partition coefficient (Wildman–Crippen LogP) is 1.47. The molecule has 0 bridgehead atoms. The highest BCUT2D eigenvalue weighted by molar-refractivity contribution is 6.33. The Morgan fingerprint density at radius 3 is 2.90 bits per heavy atom. The monoisotopic (exact) mass is 295 g/mol. The summed E-state index contributed by atoms with van der Waals surface area (Å²) in [5.41, 5.74) is -0.0667. The summed E-state index contributed by atoms with van der Waals surface area (Å²) in [4.78, 5) is 23.2. The van der Waals surface area contributed by atoms with Crippen molar-refractivity contribution in [3.05, 3.63) is 63.3 Å². The number of halogens is 2. The molecule has 0 saturated carbocycles. The fraction of sp³-hybridized carbons (Fsp3) is 0.154. The van der Waals surface area contributed by atoms with E-state index in [2.05, 4.69) is 10.4 Å². The van der Waals surface area contributed by atoms with Gasteiger partial charge in [-0.25, -0.2) is 9.07 Å². The van der Waals surface area contributed by atoms with E-state index in [1.807, 2.05) is 0 Å². The summed E-state index contributed by atoms with van der Waals surface area (Å²) in [5, 5.41) is 6.48. The Balaban J connectivity index is 1.96. The Hall–Kier alpha value is -2.21. The fourth-order valence-corrected chi connectivity index (χ4v) is 1.85. The van der Waals surface area contributed by atoms with Crippen molar-refractivity contribution in [3.63, 3.8) is 0 Å². The highest BCUT2D eigenvalue weighted by atomic mass is 35.5. The average molecular weight is 296 g/mol. The number of aromatic nitrogens is 2. The first-order valence-electron chi connectivity index (χ1n) is 5.83. The van der Waals surface area contributed by atoms with Gasteiger partial charge in [-0.2, -0.15) is 5.10 Å². The quantitative estimate of drug-likeness (QED) is 0.929. The predicted molar refractivity (Wildman–Crippen MR) is 72.2 cm³/mol. The molecule has 5 nitrogen and oxygen atoms in total. The molecule has 0 fully saturated rings. The van der Waals surface area contributed by atoms with Gasteiger partial charge in [0.25, 0.3) is 11.5 Å². The Bertz CT molecular complexity index is 687. The van der Waals surface area contributed by atoms with Gasteiger partial charge in [0.2, 0.25) is 0 Å². The average Bonchev–Trinajstić information content (AvgIpc) is 2.40. The third kappa shape index (κ3) is 3.42. The number of carbonyl (C=O) groups is 1. The van der Waals surface area contributed by atoms with Crippen LogP contribution in [0.25, 0.3) is 0 Å². The summed E-state index contributed by atoms with van der Waals surface area (Å²) in [6, 6.07) is 6.45. The summed E-state index contributed by atoms with van der Waals surface area (Å²) >= 11 is 5.78. The van der Waals surface area contributed by atoms with Gasteiger partial charge in [0.15, 0.2) is 0 Å². The van der Waals surface area contributed by atoms with E-state index in [0.717, 1.165) is 12.1 Å². The molecule has 0 radical (unpaired) electrons. The van der Waals surface area contributed by atoms with E-state index in [1.165, 1.54) is 29.1 Å². The van der Waals surface area contributed by atoms with E-state index >= 15 is 0 Å². The summed E-state index contributed by atoms with van der Waals surface area (Å²) < 4.78 is 14.1. The summed E-state index contributed by atoms with van der Waals surface area (Å²) in [6.45, 7) is 0.452. The molecule has 2 aromatic rings. The molecule has 0 atom stereocenters. The number of benzene rings is 1. The Morgan fingerprint density at radius 2 is 2.20 bits per heavy atom. The van der Waals surface area contributed by atoms with Crippen LogP contribution in [0.4, 0.5) is 4.39 Å². The fourth-order valence-electron chi connectivity index (χ4n) is 1.60. The molecule has 1 amide bonds. The van der Waals surface area contributed by atoms with E-state index in [0.29, 0.717) is 0 Å². The standard InChI is InChI=1S/C13H11ClFN3O2/c14-11-8-9(15)3-4-10(11)13(20)16-6-7-18-12(19)2-1-5-17-18/h1-5,8H,6-7H2,(H,16,20). The van der Waals surface area contributed by atoms with Crippen LogP contribution in [-0.4, -0.2) is 22.2 Å². The molecule has 1 aromatic heterocycles. The van der Waals surface area contributed by atoms with Gasteiger partial charge in [-0.1, -0.05) is 11.6 Å². The molecule has 0 spiro atoms. The molecule has 0 saturated heterocycles. The van der Waals surface area contributed by atoms with Crippen molar-refractivity contribution in [2.45, 2.75) is 6.54 Å². The van der Waals surface area contributed by atoms with Crippen LogP contribution in [0.1, 0.15) is 10.4 Å². The van der Waals surface area contributed by atoms with Crippen molar-refractivity contribution in [3.8, 4) is 0 Å².